The lowest BCUT2D eigenvalue weighted by atomic mass is 10.1. The summed E-state index contributed by atoms with van der Waals surface area (Å²) in [5.41, 5.74) is 7.08. The average Bonchev–Trinajstić information content (AvgIpc) is 3.35. The van der Waals surface area contributed by atoms with E-state index in [4.69, 9.17) is 5.73 Å². The van der Waals surface area contributed by atoms with E-state index in [9.17, 15) is 9.59 Å². The number of nitrogens with zero attached hydrogens (tertiary/aromatic N) is 3. The summed E-state index contributed by atoms with van der Waals surface area (Å²) >= 11 is 2.97. The summed E-state index contributed by atoms with van der Waals surface area (Å²) in [6.07, 6.45) is 0. The van der Waals surface area contributed by atoms with Crippen LogP contribution in [-0.4, -0.2) is 32.3 Å². The Morgan fingerprint density at radius 1 is 1.13 bits per heavy atom. The number of primary amides is 1. The van der Waals surface area contributed by atoms with Crippen molar-refractivity contribution in [3.8, 4) is 11.4 Å². The number of carbonyl (C=O) groups excluding carboxylic acids is 2. The summed E-state index contributed by atoms with van der Waals surface area (Å²) in [6.45, 7) is 2.70. The molecule has 0 saturated carbocycles. The van der Waals surface area contributed by atoms with Gasteiger partial charge in [-0.2, -0.15) is 0 Å². The molecule has 0 unspecified atom stereocenters. The zero-order chi connectivity index (χ0) is 21.1. The normalized spacial score (nSPS) is 11.0. The van der Waals surface area contributed by atoms with Crippen molar-refractivity contribution in [2.75, 3.05) is 11.1 Å². The lowest BCUT2D eigenvalue weighted by Crippen LogP contribution is -2.19. The highest BCUT2D eigenvalue weighted by molar-refractivity contribution is 7.99. The topological polar surface area (TPSA) is 103 Å². The molecule has 2 aromatic carbocycles. The van der Waals surface area contributed by atoms with Gasteiger partial charge in [0.2, 0.25) is 5.91 Å². The van der Waals surface area contributed by atoms with Gasteiger partial charge in [-0.25, -0.2) is 0 Å². The fraction of sp³-hybridized carbons (Fsp3) is 0.143. The molecule has 0 radical (unpaired) electrons. The van der Waals surface area contributed by atoms with Gasteiger partial charge in [0.05, 0.1) is 17.0 Å². The highest BCUT2D eigenvalue weighted by Crippen LogP contribution is 2.34. The number of nitrogens with two attached hydrogens (primary N) is 1. The standard InChI is InChI=1S/C21H19N5O2S2/c1-2-26-20(15-11-29-17-10-6-4-7-13(15)17)24-25-21(26)30-12-18(27)23-16-9-5-3-8-14(16)19(22)28/h3-11H,2,12H2,1H3,(H2,22,28)(H,23,27). The molecule has 30 heavy (non-hydrogen) atoms. The number of rotatable bonds is 7. The zero-order valence-corrected chi connectivity index (χ0v) is 17.8. The Kier molecular flexibility index (Phi) is 5.82. The maximum Gasteiger partial charge on any atom is 0.250 e. The van der Waals surface area contributed by atoms with Crippen LogP contribution in [0.15, 0.2) is 59.1 Å². The first kappa shape index (κ1) is 20.1. The number of nitrogens with one attached hydrogen (secondary N) is 1. The molecule has 2 amide bonds. The van der Waals surface area contributed by atoms with Gasteiger partial charge in [0.1, 0.15) is 0 Å². The summed E-state index contributed by atoms with van der Waals surface area (Å²) < 4.78 is 3.20. The summed E-state index contributed by atoms with van der Waals surface area (Å²) in [7, 11) is 0. The molecule has 0 aliphatic heterocycles. The molecule has 4 aromatic rings. The number of hydrogen-bond acceptors (Lipinski definition) is 6. The van der Waals surface area contributed by atoms with E-state index in [1.54, 1.807) is 35.6 Å². The first-order valence-corrected chi connectivity index (χ1v) is 11.2. The van der Waals surface area contributed by atoms with Crippen molar-refractivity contribution in [3.63, 3.8) is 0 Å². The van der Waals surface area contributed by atoms with Crippen LogP contribution in [0.5, 0.6) is 0 Å². The fourth-order valence-corrected chi connectivity index (χ4v) is 4.90. The van der Waals surface area contributed by atoms with Crippen LogP contribution >= 0.6 is 23.1 Å². The monoisotopic (exact) mass is 437 g/mol. The number of thioether (sulfide) groups is 1. The summed E-state index contributed by atoms with van der Waals surface area (Å²) in [4.78, 5) is 24.0. The molecule has 0 fully saturated rings. The number of fused-ring (bicyclic) bond motifs is 1. The van der Waals surface area contributed by atoms with Gasteiger partial charge in [0.15, 0.2) is 11.0 Å². The van der Waals surface area contributed by atoms with Crippen LogP contribution in [0.4, 0.5) is 5.69 Å². The maximum atomic E-state index is 12.4. The smallest absolute Gasteiger partial charge is 0.250 e. The molecular weight excluding hydrogens is 418 g/mol. The van der Waals surface area contributed by atoms with E-state index < -0.39 is 5.91 Å². The van der Waals surface area contributed by atoms with Crippen LogP contribution in [0.2, 0.25) is 0 Å². The average molecular weight is 438 g/mol. The number of benzene rings is 2. The Morgan fingerprint density at radius 3 is 2.70 bits per heavy atom. The quantitative estimate of drug-likeness (QED) is 0.425. The van der Waals surface area contributed by atoms with Crippen molar-refractivity contribution in [2.24, 2.45) is 5.73 Å². The number of carbonyl (C=O) groups is 2. The lowest BCUT2D eigenvalue weighted by Gasteiger charge is -2.09. The molecule has 0 bridgehead atoms. The third kappa shape index (κ3) is 3.94. The molecule has 2 heterocycles. The predicted octanol–water partition coefficient (Wildman–Crippen LogP) is 4.01. The number of aromatic nitrogens is 3. The second kappa shape index (κ2) is 8.68. The Labute approximate surface area is 181 Å². The molecule has 0 atom stereocenters. The van der Waals surface area contributed by atoms with Crippen LogP contribution < -0.4 is 11.1 Å². The van der Waals surface area contributed by atoms with E-state index in [0.29, 0.717) is 17.4 Å². The molecule has 4 rings (SSSR count). The molecule has 0 aliphatic rings. The van der Waals surface area contributed by atoms with Gasteiger partial charge in [-0.05, 0) is 25.1 Å². The van der Waals surface area contributed by atoms with Crippen LogP contribution in [0, 0.1) is 0 Å². The van der Waals surface area contributed by atoms with Crippen molar-refractivity contribution in [2.45, 2.75) is 18.6 Å². The third-order valence-corrected chi connectivity index (χ3v) is 6.48. The van der Waals surface area contributed by atoms with E-state index in [1.807, 2.05) is 23.6 Å². The minimum absolute atomic E-state index is 0.135. The number of anilines is 1. The van der Waals surface area contributed by atoms with Crippen molar-refractivity contribution >= 4 is 50.7 Å². The van der Waals surface area contributed by atoms with Crippen molar-refractivity contribution < 1.29 is 9.59 Å². The Bertz CT molecular complexity index is 1230. The van der Waals surface area contributed by atoms with E-state index in [1.165, 1.54) is 16.5 Å². The minimum Gasteiger partial charge on any atom is -0.366 e. The second-order valence-electron chi connectivity index (χ2n) is 6.44. The first-order chi connectivity index (χ1) is 14.6. The highest BCUT2D eigenvalue weighted by Gasteiger charge is 2.18. The maximum absolute atomic E-state index is 12.4. The van der Waals surface area contributed by atoms with Crippen LogP contribution in [0.25, 0.3) is 21.5 Å². The molecule has 2 aromatic heterocycles. The lowest BCUT2D eigenvalue weighted by molar-refractivity contribution is -0.113. The fourth-order valence-electron chi connectivity index (χ4n) is 3.15. The molecule has 0 aliphatic carbocycles. The van der Waals surface area contributed by atoms with Gasteiger partial charge in [-0.1, -0.05) is 42.1 Å². The summed E-state index contributed by atoms with van der Waals surface area (Å²) in [5, 5.41) is 15.3. The number of hydrogen-bond donors (Lipinski definition) is 2. The van der Waals surface area contributed by atoms with Gasteiger partial charge < -0.3 is 15.6 Å². The van der Waals surface area contributed by atoms with Crippen LogP contribution in [-0.2, 0) is 11.3 Å². The van der Waals surface area contributed by atoms with Crippen molar-refractivity contribution in [1.29, 1.82) is 0 Å². The molecule has 0 spiro atoms. The third-order valence-electron chi connectivity index (χ3n) is 4.55. The predicted molar refractivity (Wildman–Crippen MR) is 121 cm³/mol. The molecule has 0 saturated heterocycles. The highest BCUT2D eigenvalue weighted by atomic mass is 32.2. The van der Waals surface area contributed by atoms with Crippen molar-refractivity contribution in [3.05, 3.63) is 59.5 Å². The van der Waals surface area contributed by atoms with Gasteiger partial charge in [0.25, 0.3) is 5.91 Å². The van der Waals surface area contributed by atoms with Gasteiger partial charge in [-0.3, -0.25) is 9.59 Å². The molecular formula is C21H19N5O2S2. The molecule has 3 N–H and O–H groups in total. The van der Waals surface area contributed by atoms with Gasteiger partial charge in [0, 0.05) is 27.6 Å². The summed E-state index contributed by atoms with van der Waals surface area (Å²) in [6, 6.07) is 14.8. The number of thiophene rings is 1. The zero-order valence-electron chi connectivity index (χ0n) is 16.2. The Balaban J connectivity index is 1.51. The number of amides is 2. The molecule has 7 nitrogen and oxygen atoms in total. The number of para-hydroxylation sites is 1. The Hall–Kier alpha value is -3.17. The van der Waals surface area contributed by atoms with E-state index >= 15 is 0 Å². The van der Waals surface area contributed by atoms with E-state index in [2.05, 4.69) is 33.0 Å². The first-order valence-electron chi connectivity index (χ1n) is 9.29. The molecule has 152 valence electrons. The van der Waals surface area contributed by atoms with Gasteiger partial charge in [-0.15, -0.1) is 21.5 Å². The minimum atomic E-state index is -0.586. The van der Waals surface area contributed by atoms with Crippen LogP contribution in [0.1, 0.15) is 17.3 Å². The SMILES string of the molecule is CCn1c(SCC(=O)Nc2ccccc2C(N)=O)nnc1-c1csc2ccccc12. The Morgan fingerprint density at radius 2 is 1.90 bits per heavy atom. The van der Waals surface area contributed by atoms with Crippen LogP contribution in [0.3, 0.4) is 0 Å². The molecule has 9 heteroatoms. The largest absolute Gasteiger partial charge is 0.366 e. The van der Waals surface area contributed by atoms with E-state index in [-0.39, 0.29) is 17.2 Å². The van der Waals surface area contributed by atoms with E-state index in [0.717, 1.165) is 16.8 Å². The summed E-state index contributed by atoms with van der Waals surface area (Å²) in [5.74, 6) is 0.0889. The van der Waals surface area contributed by atoms with Gasteiger partial charge >= 0.3 is 0 Å². The van der Waals surface area contributed by atoms with Crippen molar-refractivity contribution in [1.82, 2.24) is 14.8 Å². The second-order valence-corrected chi connectivity index (χ2v) is 8.30.